The van der Waals surface area contributed by atoms with Gasteiger partial charge in [0.2, 0.25) is 0 Å². The summed E-state index contributed by atoms with van der Waals surface area (Å²) in [5.41, 5.74) is 0.803. The fraction of sp³-hybridized carbons (Fsp3) is 0.611. The third-order valence-electron chi connectivity index (χ3n) is 4.67. The first kappa shape index (κ1) is 17.0. The third-order valence-corrected chi connectivity index (χ3v) is 4.67. The van der Waals surface area contributed by atoms with Gasteiger partial charge >= 0.3 is 0 Å². The van der Waals surface area contributed by atoms with Gasteiger partial charge in [-0.2, -0.15) is 0 Å². The van der Waals surface area contributed by atoms with Crippen LogP contribution in [0.3, 0.4) is 0 Å². The van der Waals surface area contributed by atoms with Gasteiger partial charge in [0.05, 0.1) is 38.0 Å². The molecule has 2 aliphatic rings. The molecule has 6 heteroatoms. The quantitative estimate of drug-likeness (QED) is 0.545. The Bertz CT molecular complexity index is 578. The highest BCUT2D eigenvalue weighted by atomic mass is 16.5. The van der Waals surface area contributed by atoms with Gasteiger partial charge in [0.25, 0.3) is 0 Å². The number of methoxy groups -OCH3 is 1. The van der Waals surface area contributed by atoms with Crippen molar-refractivity contribution in [2.24, 2.45) is 4.99 Å². The van der Waals surface area contributed by atoms with Crippen LogP contribution in [-0.2, 0) is 4.74 Å². The van der Waals surface area contributed by atoms with Gasteiger partial charge in [-0.3, -0.25) is 4.99 Å². The summed E-state index contributed by atoms with van der Waals surface area (Å²) in [7, 11) is 1.62. The average Bonchev–Trinajstić information content (AvgIpc) is 3.22. The minimum Gasteiger partial charge on any atom is -0.497 e. The molecule has 0 aromatic heterocycles. The topological polar surface area (TPSA) is 75.1 Å². The summed E-state index contributed by atoms with van der Waals surface area (Å²) in [4.78, 5) is 4.54. The number of ether oxygens (including phenoxy) is 2. The van der Waals surface area contributed by atoms with Gasteiger partial charge in [0, 0.05) is 6.54 Å². The highest BCUT2D eigenvalue weighted by Crippen LogP contribution is 2.34. The van der Waals surface area contributed by atoms with Crippen LogP contribution in [0.25, 0.3) is 0 Å². The summed E-state index contributed by atoms with van der Waals surface area (Å²) in [6.07, 6.45) is 3.36. The second-order valence-electron chi connectivity index (χ2n) is 6.37. The van der Waals surface area contributed by atoms with Crippen molar-refractivity contribution in [3.8, 4) is 5.75 Å². The van der Waals surface area contributed by atoms with Crippen molar-refractivity contribution < 1.29 is 14.6 Å². The van der Waals surface area contributed by atoms with Crippen molar-refractivity contribution in [2.75, 3.05) is 20.2 Å². The molecule has 4 unspecified atom stereocenters. The molecule has 1 aromatic rings. The van der Waals surface area contributed by atoms with Crippen LogP contribution < -0.4 is 15.4 Å². The first-order valence-corrected chi connectivity index (χ1v) is 8.72. The molecule has 24 heavy (non-hydrogen) atoms. The molecule has 0 spiro atoms. The number of hydrogen-bond donors (Lipinski definition) is 3. The number of aliphatic hydroxyl groups excluding tert-OH is 1. The Kier molecular flexibility index (Phi) is 5.58. The van der Waals surface area contributed by atoms with Crippen LogP contribution in [0.2, 0.25) is 0 Å². The molecule has 4 atom stereocenters. The monoisotopic (exact) mass is 333 g/mol. The number of guanidine groups is 1. The van der Waals surface area contributed by atoms with Crippen molar-refractivity contribution in [3.05, 3.63) is 29.8 Å². The van der Waals surface area contributed by atoms with Crippen molar-refractivity contribution in [1.29, 1.82) is 0 Å². The SMILES string of the molecule is CCNC(=NCC(O)c1cccc(OC)c1)NC1CC2CCC1O2. The van der Waals surface area contributed by atoms with E-state index in [1.54, 1.807) is 7.11 Å². The Balaban J connectivity index is 1.60. The van der Waals surface area contributed by atoms with Gasteiger partial charge in [-0.15, -0.1) is 0 Å². The standard InChI is InChI=1S/C18H27N3O3/c1-3-19-18(21-15-10-14-7-8-17(15)24-14)20-11-16(22)12-5-4-6-13(9-12)23-2/h4-6,9,14-17,22H,3,7-8,10-11H2,1-2H3,(H2,19,20,21). The summed E-state index contributed by atoms with van der Waals surface area (Å²) >= 11 is 0. The predicted octanol–water partition coefficient (Wildman–Crippen LogP) is 1.60. The van der Waals surface area contributed by atoms with E-state index >= 15 is 0 Å². The van der Waals surface area contributed by atoms with Gasteiger partial charge in [-0.1, -0.05) is 12.1 Å². The second kappa shape index (κ2) is 7.85. The van der Waals surface area contributed by atoms with Crippen LogP contribution in [-0.4, -0.2) is 49.5 Å². The van der Waals surface area contributed by atoms with Crippen LogP contribution in [0, 0.1) is 0 Å². The Labute approximate surface area is 143 Å². The highest BCUT2D eigenvalue weighted by Gasteiger charge is 2.41. The Hall–Kier alpha value is -1.79. The van der Waals surface area contributed by atoms with Gasteiger partial charge in [-0.05, 0) is 43.9 Å². The van der Waals surface area contributed by atoms with Gasteiger partial charge in [0.15, 0.2) is 5.96 Å². The fourth-order valence-electron chi connectivity index (χ4n) is 3.42. The number of aliphatic imine (C=N–C) groups is 1. The molecule has 0 radical (unpaired) electrons. The molecule has 2 heterocycles. The largest absolute Gasteiger partial charge is 0.497 e. The molecule has 2 fully saturated rings. The lowest BCUT2D eigenvalue weighted by atomic mass is 9.96. The number of benzene rings is 1. The Morgan fingerprint density at radius 1 is 1.46 bits per heavy atom. The zero-order valence-corrected chi connectivity index (χ0v) is 14.4. The summed E-state index contributed by atoms with van der Waals surface area (Å²) in [6, 6.07) is 7.77. The van der Waals surface area contributed by atoms with Crippen LogP contribution in [0.15, 0.2) is 29.3 Å². The van der Waals surface area contributed by atoms with Crippen molar-refractivity contribution in [1.82, 2.24) is 10.6 Å². The lowest BCUT2D eigenvalue weighted by Gasteiger charge is -2.23. The maximum absolute atomic E-state index is 10.4. The van der Waals surface area contributed by atoms with E-state index < -0.39 is 6.10 Å². The summed E-state index contributed by atoms with van der Waals surface area (Å²) < 4.78 is 11.1. The van der Waals surface area contributed by atoms with E-state index in [0.29, 0.717) is 24.8 Å². The van der Waals surface area contributed by atoms with Crippen LogP contribution in [0.5, 0.6) is 5.75 Å². The Morgan fingerprint density at radius 2 is 2.33 bits per heavy atom. The summed E-state index contributed by atoms with van der Waals surface area (Å²) in [6.45, 7) is 3.11. The molecule has 0 amide bonds. The predicted molar refractivity (Wildman–Crippen MR) is 93.4 cm³/mol. The van der Waals surface area contributed by atoms with Gasteiger partial charge < -0.3 is 25.2 Å². The molecular formula is C18H27N3O3. The van der Waals surface area contributed by atoms with E-state index in [1.807, 2.05) is 31.2 Å². The average molecular weight is 333 g/mol. The molecule has 132 valence electrons. The van der Waals surface area contributed by atoms with Crippen molar-refractivity contribution in [3.63, 3.8) is 0 Å². The lowest BCUT2D eigenvalue weighted by molar-refractivity contribution is 0.0992. The molecule has 3 rings (SSSR count). The van der Waals surface area contributed by atoms with Crippen LogP contribution >= 0.6 is 0 Å². The van der Waals surface area contributed by atoms with E-state index in [2.05, 4.69) is 15.6 Å². The maximum Gasteiger partial charge on any atom is 0.191 e. The minimum atomic E-state index is -0.660. The number of aliphatic hydroxyl groups is 1. The van der Waals surface area contributed by atoms with Gasteiger partial charge in [0.1, 0.15) is 5.75 Å². The van der Waals surface area contributed by atoms with E-state index in [4.69, 9.17) is 9.47 Å². The lowest BCUT2D eigenvalue weighted by Crippen LogP contribution is -2.47. The maximum atomic E-state index is 10.4. The molecule has 6 nitrogen and oxygen atoms in total. The first-order valence-electron chi connectivity index (χ1n) is 8.72. The molecule has 2 aliphatic heterocycles. The normalized spacial score (nSPS) is 27.1. The molecular weight excluding hydrogens is 306 g/mol. The van der Waals surface area contributed by atoms with Gasteiger partial charge in [-0.25, -0.2) is 0 Å². The summed E-state index contributed by atoms with van der Waals surface area (Å²) in [5.74, 6) is 1.47. The van der Waals surface area contributed by atoms with E-state index in [1.165, 1.54) is 6.42 Å². The van der Waals surface area contributed by atoms with E-state index in [9.17, 15) is 5.11 Å². The molecule has 1 aromatic carbocycles. The second-order valence-corrected chi connectivity index (χ2v) is 6.37. The van der Waals surface area contributed by atoms with E-state index in [-0.39, 0.29) is 0 Å². The third kappa shape index (κ3) is 3.99. The number of rotatable bonds is 6. The zero-order chi connectivity index (χ0) is 16.9. The molecule has 3 N–H and O–H groups in total. The smallest absolute Gasteiger partial charge is 0.191 e. The zero-order valence-electron chi connectivity index (χ0n) is 14.4. The molecule has 2 saturated heterocycles. The number of nitrogens with zero attached hydrogens (tertiary/aromatic N) is 1. The number of nitrogens with one attached hydrogen (secondary N) is 2. The minimum absolute atomic E-state index is 0.294. The molecule has 0 saturated carbocycles. The van der Waals surface area contributed by atoms with E-state index in [0.717, 1.165) is 36.7 Å². The number of hydrogen-bond acceptors (Lipinski definition) is 4. The highest BCUT2D eigenvalue weighted by molar-refractivity contribution is 5.80. The molecule has 0 aliphatic carbocycles. The van der Waals surface area contributed by atoms with Crippen molar-refractivity contribution in [2.45, 2.75) is 50.5 Å². The molecule has 2 bridgehead atoms. The Morgan fingerprint density at radius 3 is 3.00 bits per heavy atom. The summed E-state index contributed by atoms with van der Waals surface area (Å²) in [5, 5.41) is 17.1. The fourth-order valence-corrected chi connectivity index (χ4v) is 3.42. The van der Waals surface area contributed by atoms with Crippen molar-refractivity contribution >= 4 is 5.96 Å². The first-order chi connectivity index (χ1) is 11.7. The van der Waals surface area contributed by atoms with Crippen LogP contribution in [0.4, 0.5) is 0 Å². The number of fused-ring (bicyclic) bond motifs is 2. The van der Waals surface area contributed by atoms with Crippen LogP contribution in [0.1, 0.15) is 37.9 Å².